The molecule has 9 heteroatoms. The maximum absolute atomic E-state index is 12.4. The van der Waals surface area contributed by atoms with Crippen molar-refractivity contribution in [1.29, 1.82) is 0 Å². The quantitative estimate of drug-likeness (QED) is 0.695. The SMILES string of the molecule is O=C(O)c1cn[nH]c1S(=O)(=O)N1CCCCC1CO. The van der Waals surface area contributed by atoms with Crippen LogP contribution in [0, 0.1) is 0 Å². The van der Waals surface area contributed by atoms with E-state index in [1.807, 2.05) is 0 Å². The number of nitrogens with one attached hydrogen (secondary N) is 1. The molecule has 0 aromatic carbocycles. The lowest BCUT2D eigenvalue weighted by molar-refractivity contribution is 0.0692. The van der Waals surface area contributed by atoms with E-state index in [4.69, 9.17) is 5.11 Å². The van der Waals surface area contributed by atoms with Crippen molar-refractivity contribution in [2.75, 3.05) is 13.2 Å². The van der Waals surface area contributed by atoms with Crippen LogP contribution < -0.4 is 0 Å². The number of H-pyrrole nitrogens is 1. The molecule has 0 bridgehead atoms. The van der Waals surface area contributed by atoms with Crippen molar-refractivity contribution in [1.82, 2.24) is 14.5 Å². The third-order valence-electron chi connectivity index (χ3n) is 3.19. The number of hydrogen-bond donors (Lipinski definition) is 3. The maximum atomic E-state index is 12.4. The molecule has 1 unspecified atom stereocenters. The molecule has 2 heterocycles. The van der Waals surface area contributed by atoms with E-state index < -0.39 is 27.1 Å². The van der Waals surface area contributed by atoms with Crippen LogP contribution in [-0.4, -0.2) is 58.3 Å². The molecule has 0 amide bonds. The molecule has 1 aliphatic rings. The molecule has 2 rings (SSSR count). The largest absolute Gasteiger partial charge is 0.478 e. The Morgan fingerprint density at radius 2 is 2.26 bits per heavy atom. The van der Waals surface area contributed by atoms with E-state index in [2.05, 4.69) is 10.2 Å². The Bertz CT molecular complexity index is 567. The van der Waals surface area contributed by atoms with E-state index in [1.165, 1.54) is 0 Å². The van der Waals surface area contributed by atoms with Gasteiger partial charge in [-0.15, -0.1) is 0 Å². The van der Waals surface area contributed by atoms with Gasteiger partial charge in [0.2, 0.25) is 0 Å². The Morgan fingerprint density at radius 1 is 1.53 bits per heavy atom. The van der Waals surface area contributed by atoms with Gasteiger partial charge in [-0.25, -0.2) is 13.2 Å². The highest BCUT2D eigenvalue weighted by Gasteiger charge is 2.36. The number of carboxylic acid groups (broad SMARTS) is 1. The van der Waals surface area contributed by atoms with E-state index in [9.17, 15) is 18.3 Å². The van der Waals surface area contributed by atoms with Gasteiger partial charge >= 0.3 is 5.97 Å². The average Bonchev–Trinajstić information content (AvgIpc) is 2.88. The van der Waals surface area contributed by atoms with Crippen molar-refractivity contribution < 1.29 is 23.4 Å². The van der Waals surface area contributed by atoms with Gasteiger partial charge in [0.25, 0.3) is 10.0 Å². The van der Waals surface area contributed by atoms with Crippen LogP contribution in [0.25, 0.3) is 0 Å². The second-order valence-corrected chi connectivity index (χ2v) is 6.19. The number of aromatic nitrogens is 2. The molecule has 0 saturated carbocycles. The summed E-state index contributed by atoms with van der Waals surface area (Å²) in [7, 11) is -3.98. The van der Waals surface area contributed by atoms with E-state index >= 15 is 0 Å². The van der Waals surface area contributed by atoms with Crippen LogP contribution in [0.3, 0.4) is 0 Å². The summed E-state index contributed by atoms with van der Waals surface area (Å²) >= 11 is 0. The van der Waals surface area contributed by atoms with Crippen LogP contribution in [0.15, 0.2) is 11.2 Å². The van der Waals surface area contributed by atoms with Crippen molar-refractivity contribution in [2.45, 2.75) is 30.3 Å². The minimum Gasteiger partial charge on any atom is -0.478 e. The van der Waals surface area contributed by atoms with Crippen LogP contribution in [0.2, 0.25) is 0 Å². The Balaban J connectivity index is 2.41. The lowest BCUT2D eigenvalue weighted by atomic mass is 10.1. The van der Waals surface area contributed by atoms with Crippen molar-refractivity contribution in [3.05, 3.63) is 11.8 Å². The number of rotatable bonds is 4. The van der Waals surface area contributed by atoms with Gasteiger partial charge < -0.3 is 10.2 Å². The number of hydrogen-bond acceptors (Lipinski definition) is 5. The number of piperidine rings is 1. The summed E-state index contributed by atoms with van der Waals surface area (Å²) in [6.45, 7) is -0.0125. The van der Waals surface area contributed by atoms with E-state index in [1.54, 1.807) is 0 Å². The third-order valence-corrected chi connectivity index (χ3v) is 5.11. The van der Waals surface area contributed by atoms with Gasteiger partial charge in [-0.05, 0) is 12.8 Å². The van der Waals surface area contributed by atoms with Gasteiger partial charge in [0.15, 0.2) is 5.03 Å². The first-order valence-corrected chi connectivity index (χ1v) is 7.32. The lowest BCUT2D eigenvalue weighted by Gasteiger charge is -2.33. The molecule has 0 radical (unpaired) electrons. The standard InChI is InChI=1S/C10H15N3O5S/c14-6-7-3-1-2-4-13(7)19(17,18)9-8(10(15)16)5-11-12-9/h5,7,14H,1-4,6H2,(H,11,12)(H,15,16). The molecule has 0 spiro atoms. The predicted molar refractivity (Wildman–Crippen MR) is 64.2 cm³/mol. The van der Waals surface area contributed by atoms with Crippen LogP contribution in [0.1, 0.15) is 29.6 Å². The lowest BCUT2D eigenvalue weighted by Crippen LogP contribution is -2.45. The fraction of sp³-hybridized carbons (Fsp3) is 0.600. The van der Waals surface area contributed by atoms with E-state index in [0.717, 1.165) is 16.9 Å². The normalized spacial score (nSPS) is 21.4. The summed E-state index contributed by atoms with van der Waals surface area (Å²) < 4.78 is 26.0. The van der Waals surface area contributed by atoms with Gasteiger partial charge in [0.05, 0.1) is 12.8 Å². The summed E-state index contributed by atoms with van der Waals surface area (Å²) in [5.74, 6) is -1.36. The maximum Gasteiger partial charge on any atom is 0.340 e. The zero-order valence-corrected chi connectivity index (χ0v) is 10.9. The molecule has 1 aromatic rings. The van der Waals surface area contributed by atoms with Crippen LogP contribution in [-0.2, 0) is 10.0 Å². The molecule has 1 atom stereocenters. The number of sulfonamides is 1. The summed E-state index contributed by atoms with van der Waals surface area (Å²) in [6.07, 6.45) is 3.05. The highest BCUT2D eigenvalue weighted by atomic mass is 32.2. The summed E-state index contributed by atoms with van der Waals surface area (Å²) in [4.78, 5) is 11.0. The fourth-order valence-corrected chi connectivity index (χ4v) is 3.97. The number of carboxylic acids is 1. The average molecular weight is 289 g/mol. The number of aromatic carboxylic acids is 1. The molecular formula is C10H15N3O5S. The van der Waals surface area contributed by atoms with Gasteiger partial charge in [-0.1, -0.05) is 6.42 Å². The first kappa shape index (κ1) is 14.0. The molecule has 1 aromatic heterocycles. The second kappa shape index (κ2) is 5.27. The molecule has 1 aliphatic heterocycles. The Hall–Kier alpha value is -1.45. The second-order valence-electron chi connectivity index (χ2n) is 4.37. The third kappa shape index (κ3) is 2.48. The molecule has 1 saturated heterocycles. The van der Waals surface area contributed by atoms with E-state index in [0.29, 0.717) is 12.8 Å². The number of aliphatic hydroxyl groups excluding tert-OH is 1. The Labute approximate surface area is 110 Å². The van der Waals surface area contributed by atoms with Crippen LogP contribution >= 0.6 is 0 Å². The minimum absolute atomic E-state index is 0.269. The minimum atomic E-state index is -3.98. The molecule has 3 N–H and O–H groups in total. The molecule has 8 nitrogen and oxygen atoms in total. The van der Waals surface area contributed by atoms with Crippen LogP contribution in [0.5, 0.6) is 0 Å². The highest BCUT2D eigenvalue weighted by molar-refractivity contribution is 7.89. The van der Waals surface area contributed by atoms with Gasteiger partial charge in [0.1, 0.15) is 5.56 Å². The molecular weight excluding hydrogens is 274 g/mol. The Kier molecular flexibility index (Phi) is 3.88. The van der Waals surface area contributed by atoms with Crippen molar-refractivity contribution >= 4 is 16.0 Å². The number of nitrogens with zero attached hydrogens (tertiary/aromatic N) is 2. The summed E-state index contributed by atoms with van der Waals surface area (Å²) in [6, 6.07) is -0.510. The molecule has 1 fully saturated rings. The smallest absolute Gasteiger partial charge is 0.340 e. The molecule has 19 heavy (non-hydrogen) atoms. The zero-order valence-electron chi connectivity index (χ0n) is 10.1. The first-order valence-electron chi connectivity index (χ1n) is 5.88. The van der Waals surface area contributed by atoms with Gasteiger partial charge in [-0.3, -0.25) is 5.10 Å². The van der Waals surface area contributed by atoms with Gasteiger partial charge in [0, 0.05) is 12.6 Å². The number of aromatic amines is 1. The topological polar surface area (TPSA) is 124 Å². The van der Waals surface area contributed by atoms with Crippen molar-refractivity contribution in [2.24, 2.45) is 0 Å². The van der Waals surface area contributed by atoms with Crippen molar-refractivity contribution in [3.8, 4) is 0 Å². The van der Waals surface area contributed by atoms with Crippen molar-refractivity contribution in [3.63, 3.8) is 0 Å². The summed E-state index contributed by atoms with van der Waals surface area (Å²) in [5.41, 5.74) is -0.387. The number of carbonyl (C=O) groups is 1. The first-order chi connectivity index (χ1) is 8.98. The zero-order chi connectivity index (χ0) is 14.0. The number of aliphatic hydroxyl groups is 1. The Morgan fingerprint density at radius 3 is 2.89 bits per heavy atom. The van der Waals surface area contributed by atoms with Gasteiger partial charge in [-0.2, -0.15) is 9.40 Å². The monoisotopic (exact) mass is 289 g/mol. The fourth-order valence-electron chi connectivity index (χ4n) is 2.21. The highest BCUT2D eigenvalue weighted by Crippen LogP contribution is 2.25. The molecule has 106 valence electrons. The van der Waals surface area contributed by atoms with E-state index in [-0.39, 0.29) is 18.7 Å². The predicted octanol–water partition coefficient (Wildman–Crippen LogP) is -0.357. The van der Waals surface area contributed by atoms with Crippen LogP contribution in [0.4, 0.5) is 0 Å². The summed E-state index contributed by atoms with van der Waals surface area (Å²) in [5, 5.41) is 23.5. The molecule has 0 aliphatic carbocycles.